The molecule has 0 saturated carbocycles. The molecule has 1 aromatic rings. The van der Waals surface area contributed by atoms with Crippen molar-refractivity contribution in [3.8, 4) is 11.8 Å². The molecule has 0 spiro atoms. The highest BCUT2D eigenvalue weighted by Gasteiger charge is 1.90. The van der Waals surface area contributed by atoms with Crippen LogP contribution in [0.2, 0.25) is 0 Å². The first-order chi connectivity index (χ1) is 5.34. The molecular formula is C9H6Br2. The summed E-state index contributed by atoms with van der Waals surface area (Å²) >= 11 is 6.65. The summed E-state index contributed by atoms with van der Waals surface area (Å²) in [5.41, 5.74) is 1.03. The molecule has 2 heteroatoms. The van der Waals surface area contributed by atoms with Crippen LogP contribution < -0.4 is 0 Å². The number of halogens is 2. The molecule has 0 aliphatic rings. The van der Waals surface area contributed by atoms with Gasteiger partial charge in [-0.2, -0.15) is 0 Å². The summed E-state index contributed by atoms with van der Waals surface area (Å²) in [7, 11) is 0. The van der Waals surface area contributed by atoms with Gasteiger partial charge in [0.2, 0.25) is 0 Å². The Bertz CT molecular complexity index is 294. The van der Waals surface area contributed by atoms with Crippen LogP contribution >= 0.6 is 31.9 Å². The van der Waals surface area contributed by atoms with Gasteiger partial charge in [-0.25, -0.2) is 0 Å². The SMILES string of the molecule is BrCC#Cc1ccccc1Br. The third kappa shape index (κ3) is 2.69. The third-order valence-corrected chi connectivity index (χ3v) is 2.14. The topological polar surface area (TPSA) is 0 Å². The lowest BCUT2D eigenvalue weighted by Crippen LogP contribution is -1.75. The minimum absolute atomic E-state index is 0.717. The highest BCUT2D eigenvalue weighted by Crippen LogP contribution is 2.13. The molecular weight excluding hydrogens is 268 g/mol. The van der Waals surface area contributed by atoms with Crippen molar-refractivity contribution in [2.75, 3.05) is 5.33 Å². The van der Waals surface area contributed by atoms with Crippen LogP contribution in [0.5, 0.6) is 0 Å². The molecule has 0 aliphatic heterocycles. The van der Waals surface area contributed by atoms with E-state index in [1.807, 2.05) is 24.3 Å². The van der Waals surface area contributed by atoms with Crippen molar-refractivity contribution in [2.45, 2.75) is 0 Å². The molecule has 56 valence electrons. The van der Waals surface area contributed by atoms with E-state index in [4.69, 9.17) is 0 Å². The summed E-state index contributed by atoms with van der Waals surface area (Å²) in [6.45, 7) is 0. The zero-order chi connectivity index (χ0) is 8.10. The summed E-state index contributed by atoms with van der Waals surface area (Å²) < 4.78 is 1.05. The van der Waals surface area contributed by atoms with E-state index in [1.165, 1.54) is 0 Å². The fourth-order valence-corrected chi connectivity index (χ4v) is 1.22. The third-order valence-electron chi connectivity index (χ3n) is 1.16. The molecule has 0 amide bonds. The van der Waals surface area contributed by atoms with Gasteiger partial charge in [0.1, 0.15) is 0 Å². The fraction of sp³-hybridized carbons (Fsp3) is 0.111. The highest BCUT2D eigenvalue weighted by atomic mass is 79.9. The van der Waals surface area contributed by atoms with Gasteiger partial charge in [-0.15, -0.1) is 0 Å². The largest absolute Gasteiger partial charge is 0.0863 e. The van der Waals surface area contributed by atoms with Crippen LogP contribution in [0.4, 0.5) is 0 Å². The van der Waals surface area contributed by atoms with Crippen molar-refractivity contribution >= 4 is 31.9 Å². The molecule has 0 atom stereocenters. The van der Waals surface area contributed by atoms with E-state index in [0.29, 0.717) is 5.33 Å². The summed E-state index contributed by atoms with van der Waals surface area (Å²) in [6, 6.07) is 7.92. The van der Waals surface area contributed by atoms with Gasteiger partial charge < -0.3 is 0 Å². The molecule has 0 fully saturated rings. The summed E-state index contributed by atoms with van der Waals surface area (Å²) in [6.07, 6.45) is 0. The van der Waals surface area contributed by atoms with Gasteiger partial charge in [-0.3, -0.25) is 0 Å². The second-order valence-electron chi connectivity index (χ2n) is 1.92. The van der Waals surface area contributed by atoms with Crippen LogP contribution in [0.1, 0.15) is 5.56 Å². The Balaban J connectivity index is 2.95. The van der Waals surface area contributed by atoms with Gasteiger partial charge in [0.05, 0.1) is 5.33 Å². The Hall–Kier alpha value is -0.260. The van der Waals surface area contributed by atoms with Crippen LogP contribution in [-0.2, 0) is 0 Å². The molecule has 0 heterocycles. The van der Waals surface area contributed by atoms with Crippen LogP contribution in [0.15, 0.2) is 28.7 Å². The number of hydrogen-bond acceptors (Lipinski definition) is 0. The number of alkyl halides is 1. The predicted molar refractivity (Wildman–Crippen MR) is 54.8 cm³/mol. The Morgan fingerprint density at radius 3 is 2.64 bits per heavy atom. The fourth-order valence-electron chi connectivity index (χ4n) is 0.691. The average molecular weight is 274 g/mol. The van der Waals surface area contributed by atoms with Crippen molar-refractivity contribution in [3.05, 3.63) is 34.3 Å². The highest BCUT2D eigenvalue weighted by molar-refractivity contribution is 9.10. The average Bonchev–Trinajstić information content (AvgIpc) is 2.03. The Kier molecular flexibility index (Phi) is 3.68. The zero-order valence-corrected chi connectivity index (χ0v) is 8.94. The number of rotatable bonds is 0. The second kappa shape index (κ2) is 4.58. The van der Waals surface area contributed by atoms with E-state index in [2.05, 4.69) is 43.7 Å². The van der Waals surface area contributed by atoms with E-state index >= 15 is 0 Å². The number of hydrogen-bond donors (Lipinski definition) is 0. The monoisotopic (exact) mass is 272 g/mol. The quantitative estimate of drug-likeness (QED) is 0.503. The lowest BCUT2D eigenvalue weighted by atomic mass is 10.2. The molecule has 0 aliphatic carbocycles. The van der Waals surface area contributed by atoms with Crippen molar-refractivity contribution in [1.29, 1.82) is 0 Å². The van der Waals surface area contributed by atoms with Crippen molar-refractivity contribution in [3.63, 3.8) is 0 Å². The molecule has 0 N–H and O–H groups in total. The van der Waals surface area contributed by atoms with Crippen molar-refractivity contribution in [1.82, 2.24) is 0 Å². The molecule has 1 rings (SSSR count). The van der Waals surface area contributed by atoms with Gasteiger partial charge in [0.25, 0.3) is 0 Å². The Labute approximate surface area is 83.3 Å². The van der Waals surface area contributed by atoms with Crippen molar-refractivity contribution in [2.24, 2.45) is 0 Å². The molecule has 11 heavy (non-hydrogen) atoms. The normalized spacial score (nSPS) is 8.55. The maximum absolute atomic E-state index is 3.41. The minimum atomic E-state index is 0.717. The maximum Gasteiger partial charge on any atom is 0.0649 e. The second-order valence-corrected chi connectivity index (χ2v) is 3.33. The van der Waals surface area contributed by atoms with Gasteiger partial charge >= 0.3 is 0 Å². The standard InChI is InChI=1S/C9H6Br2/c10-7-3-5-8-4-1-2-6-9(8)11/h1-2,4,6H,7H2. The molecule has 1 aromatic carbocycles. The molecule has 0 radical (unpaired) electrons. The van der Waals surface area contributed by atoms with Gasteiger partial charge in [-0.05, 0) is 28.1 Å². The van der Waals surface area contributed by atoms with E-state index in [0.717, 1.165) is 10.0 Å². The van der Waals surface area contributed by atoms with Gasteiger partial charge in [0.15, 0.2) is 0 Å². The predicted octanol–water partition coefficient (Wildman–Crippen LogP) is 3.20. The van der Waals surface area contributed by atoms with E-state index in [1.54, 1.807) is 0 Å². The van der Waals surface area contributed by atoms with Gasteiger partial charge in [-0.1, -0.05) is 39.9 Å². The molecule has 0 aromatic heterocycles. The number of benzene rings is 1. The maximum atomic E-state index is 3.41. The Morgan fingerprint density at radius 1 is 1.27 bits per heavy atom. The lowest BCUT2D eigenvalue weighted by molar-refractivity contribution is 1.59. The summed E-state index contributed by atoms with van der Waals surface area (Å²) in [5.74, 6) is 5.96. The lowest BCUT2D eigenvalue weighted by Gasteiger charge is -1.91. The first-order valence-electron chi connectivity index (χ1n) is 3.14. The smallest absolute Gasteiger partial charge is 0.0649 e. The van der Waals surface area contributed by atoms with Crippen LogP contribution in [0.3, 0.4) is 0 Å². The summed E-state index contributed by atoms with van der Waals surface area (Å²) in [5, 5.41) is 0.717. The molecule has 0 bridgehead atoms. The first-order valence-corrected chi connectivity index (χ1v) is 5.05. The zero-order valence-electron chi connectivity index (χ0n) is 5.77. The van der Waals surface area contributed by atoms with Crippen molar-refractivity contribution < 1.29 is 0 Å². The van der Waals surface area contributed by atoms with Crippen LogP contribution in [0, 0.1) is 11.8 Å². The van der Waals surface area contributed by atoms with E-state index < -0.39 is 0 Å². The van der Waals surface area contributed by atoms with E-state index in [9.17, 15) is 0 Å². The summed E-state index contributed by atoms with van der Waals surface area (Å²) in [4.78, 5) is 0. The Morgan fingerprint density at radius 2 is 2.00 bits per heavy atom. The molecule has 0 nitrogen and oxygen atoms in total. The van der Waals surface area contributed by atoms with Crippen LogP contribution in [0.25, 0.3) is 0 Å². The van der Waals surface area contributed by atoms with E-state index in [-0.39, 0.29) is 0 Å². The van der Waals surface area contributed by atoms with Gasteiger partial charge in [0, 0.05) is 10.0 Å². The first kappa shape index (κ1) is 8.83. The minimum Gasteiger partial charge on any atom is -0.0863 e. The van der Waals surface area contributed by atoms with Crippen LogP contribution in [-0.4, -0.2) is 5.33 Å². The molecule has 0 saturated heterocycles. The molecule has 0 unspecified atom stereocenters.